The molecule has 0 spiro atoms. The van der Waals surface area contributed by atoms with Crippen LogP contribution in [-0.2, 0) is 11.2 Å². The van der Waals surface area contributed by atoms with Gasteiger partial charge in [-0.25, -0.2) is 0 Å². The Morgan fingerprint density at radius 1 is 1.09 bits per heavy atom. The van der Waals surface area contributed by atoms with Gasteiger partial charge in [0.15, 0.2) is 0 Å². The quantitative estimate of drug-likeness (QED) is 0.905. The predicted octanol–water partition coefficient (Wildman–Crippen LogP) is 4.04. The molecule has 0 aliphatic rings. The number of aryl methyl sites for hydroxylation is 3. The number of nitrogens with one attached hydrogen (secondary N) is 1. The van der Waals surface area contributed by atoms with Crippen LogP contribution in [0.3, 0.4) is 0 Å². The van der Waals surface area contributed by atoms with Crippen LogP contribution in [0.15, 0.2) is 36.4 Å². The first-order chi connectivity index (χ1) is 10.9. The molecular formula is C20H25NO2. The summed E-state index contributed by atoms with van der Waals surface area (Å²) in [6.07, 6.45) is 0.388. The van der Waals surface area contributed by atoms with E-state index in [1.54, 1.807) is 7.11 Å². The molecule has 0 heterocycles. The van der Waals surface area contributed by atoms with E-state index in [0.717, 1.165) is 22.4 Å². The van der Waals surface area contributed by atoms with Crippen molar-refractivity contribution in [2.24, 2.45) is 0 Å². The summed E-state index contributed by atoms with van der Waals surface area (Å²) >= 11 is 0. The standard InChI is InChI=1S/C20H25NO2/c1-13-6-9-19(23-5)18(10-13)16(4)21-20(22)12-17-8-7-14(2)15(3)11-17/h6-11,16H,12H2,1-5H3,(H,21,22)/t16-/m0/s1. The SMILES string of the molecule is COc1ccc(C)cc1[C@H](C)NC(=O)Cc1ccc(C)c(C)c1. The van der Waals surface area contributed by atoms with Crippen molar-refractivity contribution in [3.05, 3.63) is 64.2 Å². The predicted molar refractivity (Wildman–Crippen MR) is 93.9 cm³/mol. The highest BCUT2D eigenvalue weighted by atomic mass is 16.5. The molecule has 0 aromatic heterocycles. The Balaban J connectivity index is 2.07. The third-order valence-corrected chi connectivity index (χ3v) is 4.17. The summed E-state index contributed by atoms with van der Waals surface area (Å²) in [4.78, 5) is 12.3. The van der Waals surface area contributed by atoms with Crippen molar-refractivity contribution >= 4 is 5.91 Å². The molecule has 2 aromatic rings. The van der Waals surface area contributed by atoms with Gasteiger partial charge in [-0.3, -0.25) is 4.79 Å². The molecule has 2 aromatic carbocycles. The zero-order chi connectivity index (χ0) is 17.0. The largest absolute Gasteiger partial charge is 0.496 e. The van der Waals surface area contributed by atoms with E-state index in [0.29, 0.717) is 6.42 Å². The van der Waals surface area contributed by atoms with E-state index < -0.39 is 0 Å². The number of carbonyl (C=O) groups excluding carboxylic acids is 1. The lowest BCUT2D eigenvalue weighted by atomic mass is 10.0. The van der Waals surface area contributed by atoms with Crippen molar-refractivity contribution in [2.75, 3.05) is 7.11 Å². The van der Waals surface area contributed by atoms with Crippen molar-refractivity contribution in [3.8, 4) is 5.75 Å². The number of rotatable bonds is 5. The molecule has 122 valence electrons. The van der Waals surface area contributed by atoms with E-state index >= 15 is 0 Å². The van der Waals surface area contributed by atoms with Crippen LogP contribution in [0.5, 0.6) is 5.75 Å². The van der Waals surface area contributed by atoms with Gasteiger partial charge in [-0.2, -0.15) is 0 Å². The molecule has 0 unspecified atom stereocenters. The van der Waals surface area contributed by atoms with Crippen LogP contribution in [0, 0.1) is 20.8 Å². The van der Waals surface area contributed by atoms with Crippen molar-refractivity contribution in [3.63, 3.8) is 0 Å². The van der Waals surface area contributed by atoms with Crippen LogP contribution in [0.25, 0.3) is 0 Å². The van der Waals surface area contributed by atoms with Gasteiger partial charge < -0.3 is 10.1 Å². The second kappa shape index (κ2) is 7.32. The second-order valence-electron chi connectivity index (χ2n) is 6.13. The highest BCUT2D eigenvalue weighted by Crippen LogP contribution is 2.26. The smallest absolute Gasteiger partial charge is 0.224 e. The van der Waals surface area contributed by atoms with E-state index in [-0.39, 0.29) is 11.9 Å². The van der Waals surface area contributed by atoms with E-state index in [4.69, 9.17) is 4.74 Å². The van der Waals surface area contributed by atoms with Crippen LogP contribution < -0.4 is 10.1 Å². The van der Waals surface area contributed by atoms with Crippen molar-refractivity contribution in [1.29, 1.82) is 0 Å². The lowest BCUT2D eigenvalue weighted by Crippen LogP contribution is -2.28. The van der Waals surface area contributed by atoms with Crippen molar-refractivity contribution in [2.45, 2.75) is 40.2 Å². The molecule has 1 atom stereocenters. The van der Waals surface area contributed by atoms with Gasteiger partial charge in [0.1, 0.15) is 5.75 Å². The minimum absolute atomic E-state index is 0.0179. The number of ether oxygens (including phenoxy) is 1. The van der Waals surface area contributed by atoms with Gasteiger partial charge in [-0.1, -0.05) is 35.9 Å². The minimum atomic E-state index is -0.0936. The first-order valence-electron chi connectivity index (χ1n) is 7.90. The average Bonchev–Trinajstić information content (AvgIpc) is 2.50. The van der Waals surface area contributed by atoms with E-state index in [1.165, 1.54) is 11.1 Å². The molecule has 0 fully saturated rings. The first kappa shape index (κ1) is 17.1. The van der Waals surface area contributed by atoms with Gasteiger partial charge >= 0.3 is 0 Å². The number of carbonyl (C=O) groups is 1. The number of hydrogen-bond donors (Lipinski definition) is 1. The third-order valence-electron chi connectivity index (χ3n) is 4.17. The number of amides is 1. The van der Waals surface area contributed by atoms with Gasteiger partial charge in [0.2, 0.25) is 5.91 Å². The van der Waals surface area contributed by atoms with Crippen LogP contribution in [0.1, 0.15) is 40.8 Å². The lowest BCUT2D eigenvalue weighted by molar-refractivity contribution is -0.121. The molecule has 0 saturated carbocycles. The normalized spacial score (nSPS) is 11.9. The molecule has 3 nitrogen and oxygen atoms in total. The monoisotopic (exact) mass is 311 g/mol. The Hall–Kier alpha value is -2.29. The van der Waals surface area contributed by atoms with Gasteiger partial charge in [-0.05, 0) is 50.5 Å². The second-order valence-corrected chi connectivity index (χ2v) is 6.13. The van der Waals surface area contributed by atoms with E-state index in [9.17, 15) is 4.79 Å². The van der Waals surface area contributed by atoms with Crippen molar-refractivity contribution in [1.82, 2.24) is 5.32 Å². The van der Waals surface area contributed by atoms with Gasteiger partial charge in [-0.15, -0.1) is 0 Å². The fraction of sp³-hybridized carbons (Fsp3) is 0.350. The maximum atomic E-state index is 12.3. The molecular weight excluding hydrogens is 286 g/mol. The molecule has 23 heavy (non-hydrogen) atoms. The highest BCUT2D eigenvalue weighted by Gasteiger charge is 2.14. The molecule has 3 heteroatoms. The van der Waals surface area contributed by atoms with E-state index in [1.807, 2.05) is 32.0 Å². The van der Waals surface area contributed by atoms with Crippen LogP contribution in [0.4, 0.5) is 0 Å². The highest BCUT2D eigenvalue weighted by molar-refractivity contribution is 5.79. The number of methoxy groups -OCH3 is 1. The molecule has 1 N–H and O–H groups in total. The molecule has 1 amide bonds. The zero-order valence-electron chi connectivity index (χ0n) is 14.6. The van der Waals surface area contributed by atoms with Gasteiger partial charge in [0.25, 0.3) is 0 Å². The van der Waals surface area contributed by atoms with E-state index in [2.05, 4.69) is 37.4 Å². The van der Waals surface area contributed by atoms with Crippen LogP contribution >= 0.6 is 0 Å². The average molecular weight is 311 g/mol. The summed E-state index contributed by atoms with van der Waals surface area (Å²) in [6, 6.07) is 12.1. The zero-order valence-corrected chi connectivity index (χ0v) is 14.6. The Kier molecular flexibility index (Phi) is 5.43. The molecule has 0 radical (unpaired) electrons. The lowest BCUT2D eigenvalue weighted by Gasteiger charge is -2.18. The fourth-order valence-electron chi connectivity index (χ4n) is 2.66. The fourth-order valence-corrected chi connectivity index (χ4v) is 2.66. The topological polar surface area (TPSA) is 38.3 Å². The van der Waals surface area contributed by atoms with Crippen molar-refractivity contribution < 1.29 is 9.53 Å². The Labute approximate surface area is 138 Å². The summed E-state index contributed by atoms with van der Waals surface area (Å²) in [7, 11) is 1.65. The molecule has 0 bridgehead atoms. The summed E-state index contributed by atoms with van der Waals surface area (Å²) in [5, 5.41) is 3.06. The summed E-state index contributed by atoms with van der Waals surface area (Å²) in [5.41, 5.74) is 5.64. The van der Waals surface area contributed by atoms with Crippen LogP contribution in [0.2, 0.25) is 0 Å². The summed E-state index contributed by atoms with van der Waals surface area (Å²) in [5.74, 6) is 0.818. The Bertz CT molecular complexity index is 707. The minimum Gasteiger partial charge on any atom is -0.496 e. The summed E-state index contributed by atoms with van der Waals surface area (Å²) < 4.78 is 5.40. The van der Waals surface area contributed by atoms with Gasteiger partial charge in [0.05, 0.1) is 19.6 Å². The Morgan fingerprint density at radius 3 is 2.48 bits per heavy atom. The first-order valence-corrected chi connectivity index (χ1v) is 7.90. The molecule has 0 aliphatic carbocycles. The molecule has 2 rings (SSSR count). The van der Waals surface area contributed by atoms with Gasteiger partial charge in [0, 0.05) is 5.56 Å². The summed E-state index contributed by atoms with van der Waals surface area (Å²) in [6.45, 7) is 8.16. The Morgan fingerprint density at radius 2 is 1.83 bits per heavy atom. The maximum Gasteiger partial charge on any atom is 0.224 e. The van der Waals surface area contributed by atoms with Crippen LogP contribution in [-0.4, -0.2) is 13.0 Å². The maximum absolute atomic E-state index is 12.3. The number of hydrogen-bond acceptors (Lipinski definition) is 2. The number of benzene rings is 2. The third kappa shape index (κ3) is 4.35. The molecule has 0 aliphatic heterocycles. The molecule has 0 saturated heterocycles.